The average Bonchev–Trinajstić information content (AvgIpc) is 2.88. The molecule has 0 aliphatic heterocycles. The summed E-state index contributed by atoms with van der Waals surface area (Å²) in [7, 11) is 0. The lowest BCUT2D eigenvalue weighted by molar-refractivity contribution is -0.135. The molecular weight excluding hydrogens is 370 g/mol. The first-order valence-corrected chi connectivity index (χ1v) is 7.86. The van der Waals surface area contributed by atoms with Crippen LogP contribution >= 0.6 is 27.3 Å². The van der Waals surface area contributed by atoms with Crippen molar-refractivity contribution in [1.82, 2.24) is 10.3 Å². The van der Waals surface area contributed by atoms with Gasteiger partial charge in [-0.25, -0.2) is 4.98 Å². The maximum atomic E-state index is 12.0. The number of fused-ring (bicyclic) bond motifs is 3. The summed E-state index contributed by atoms with van der Waals surface area (Å²) in [6, 6.07) is 7.78. The first-order valence-electron chi connectivity index (χ1n) is 6.25. The molecule has 6 nitrogen and oxygen atoms in total. The number of anilines is 1. The van der Waals surface area contributed by atoms with Crippen LogP contribution in [0.5, 0.6) is 0 Å². The Balaban J connectivity index is 2.18. The number of aliphatic carboxylic acids is 1. The molecule has 0 aliphatic carbocycles. The number of halogens is 1. The van der Waals surface area contributed by atoms with Crippen LogP contribution in [0.1, 0.15) is 10.5 Å². The maximum Gasteiger partial charge on any atom is 0.322 e. The number of aromatic nitrogens is 1. The zero-order valence-corrected chi connectivity index (χ0v) is 13.5. The predicted octanol–water partition coefficient (Wildman–Crippen LogP) is 2.61. The van der Waals surface area contributed by atoms with Crippen LogP contribution in [-0.2, 0) is 4.79 Å². The van der Waals surface area contributed by atoms with E-state index in [1.807, 2.05) is 24.3 Å². The third kappa shape index (κ3) is 2.40. The zero-order valence-electron chi connectivity index (χ0n) is 11.1. The van der Waals surface area contributed by atoms with Gasteiger partial charge in [0.25, 0.3) is 5.91 Å². The second kappa shape index (κ2) is 5.54. The lowest BCUT2D eigenvalue weighted by Crippen LogP contribution is -2.30. The van der Waals surface area contributed by atoms with Crippen molar-refractivity contribution in [2.24, 2.45) is 0 Å². The Morgan fingerprint density at radius 3 is 2.82 bits per heavy atom. The Morgan fingerprint density at radius 1 is 1.36 bits per heavy atom. The topological polar surface area (TPSA) is 105 Å². The lowest BCUT2D eigenvalue weighted by atomic mass is 10.1. The highest BCUT2D eigenvalue weighted by atomic mass is 79.9. The number of carbonyl (C=O) groups excluding carboxylic acids is 1. The van der Waals surface area contributed by atoms with Gasteiger partial charge in [-0.3, -0.25) is 9.59 Å². The maximum absolute atomic E-state index is 12.0. The summed E-state index contributed by atoms with van der Waals surface area (Å²) in [6.07, 6.45) is 0. The molecule has 0 fully saturated rings. The van der Waals surface area contributed by atoms with E-state index in [4.69, 9.17) is 10.8 Å². The number of pyridine rings is 1. The van der Waals surface area contributed by atoms with Crippen LogP contribution in [0.4, 0.5) is 5.69 Å². The zero-order chi connectivity index (χ0) is 15.9. The molecule has 1 aromatic carbocycles. The molecule has 4 N–H and O–H groups in total. The van der Waals surface area contributed by atoms with Crippen LogP contribution in [0.2, 0.25) is 0 Å². The summed E-state index contributed by atoms with van der Waals surface area (Å²) in [4.78, 5) is 26.8. The van der Waals surface area contributed by atoms with Crippen molar-refractivity contribution in [3.05, 3.63) is 34.6 Å². The first-order chi connectivity index (χ1) is 10.5. The van der Waals surface area contributed by atoms with Crippen molar-refractivity contribution in [2.75, 3.05) is 12.3 Å². The van der Waals surface area contributed by atoms with Crippen molar-refractivity contribution in [2.45, 2.75) is 0 Å². The summed E-state index contributed by atoms with van der Waals surface area (Å²) >= 11 is 4.84. The molecule has 3 aromatic rings. The number of nitrogens with one attached hydrogen (secondary N) is 1. The minimum atomic E-state index is -1.13. The second-order valence-electron chi connectivity index (χ2n) is 4.54. The Bertz CT molecular complexity index is 922. The van der Waals surface area contributed by atoms with Gasteiger partial charge in [0, 0.05) is 15.5 Å². The van der Waals surface area contributed by atoms with E-state index in [1.165, 1.54) is 11.3 Å². The van der Waals surface area contributed by atoms with Crippen LogP contribution in [0.3, 0.4) is 0 Å². The van der Waals surface area contributed by atoms with Gasteiger partial charge in [0.05, 0.1) is 10.4 Å². The highest BCUT2D eigenvalue weighted by Crippen LogP contribution is 2.41. The van der Waals surface area contributed by atoms with Gasteiger partial charge in [0.15, 0.2) is 5.69 Å². The number of hydrogen-bond acceptors (Lipinski definition) is 5. The number of nitrogens with two attached hydrogens (primary N) is 1. The number of benzene rings is 1. The fourth-order valence-electron chi connectivity index (χ4n) is 2.17. The molecule has 2 heterocycles. The van der Waals surface area contributed by atoms with Crippen molar-refractivity contribution < 1.29 is 14.7 Å². The van der Waals surface area contributed by atoms with Crippen molar-refractivity contribution in [3.63, 3.8) is 0 Å². The number of amides is 1. The third-order valence-electron chi connectivity index (χ3n) is 3.13. The Labute approximate surface area is 137 Å². The summed E-state index contributed by atoms with van der Waals surface area (Å²) < 4.78 is 2.30. The molecule has 0 aliphatic rings. The molecule has 3 rings (SSSR count). The molecule has 0 saturated carbocycles. The summed E-state index contributed by atoms with van der Waals surface area (Å²) in [5, 5.41) is 12.8. The van der Waals surface area contributed by atoms with E-state index in [0.717, 1.165) is 20.2 Å². The molecular formula is C14H10BrN3O3S. The highest BCUT2D eigenvalue weighted by Gasteiger charge is 2.20. The van der Waals surface area contributed by atoms with Crippen LogP contribution < -0.4 is 11.1 Å². The van der Waals surface area contributed by atoms with Crippen molar-refractivity contribution in [3.8, 4) is 0 Å². The monoisotopic (exact) mass is 379 g/mol. The summed E-state index contributed by atoms with van der Waals surface area (Å²) in [5.74, 6) is -1.74. The molecule has 1 amide bonds. The Hall–Kier alpha value is -2.19. The number of thiophene rings is 1. The van der Waals surface area contributed by atoms with Gasteiger partial charge < -0.3 is 16.2 Å². The molecule has 0 saturated heterocycles. The number of hydrogen-bond donors (Lipinski definition) is 3. The number of carboxylic acid groups (broad SMARTS) is 1. The quantitative estimate of drug-likeness (QED) is 0.606. The Morgan fingerprint density at radius 2 is 2.09 bits per heavy atom. The predicted molar refractivity (Wildman–Crippen MR) is 89.2 cm³/mol. The largest absolute Gasteiger partial charge is 0.480 e. The Kier molecular flexibility index (Phi) is 3.71. The molecule has 112 valence electrons. The fourth-order valence-corrected chi connectivity index (χ4v) is 4.06. The minimum Gasteiger partial charge on any atom is -0.480 e. The summed E-state index contributed by atoms with van der Waals surface area (Å²) in [5.41, 5.74) is 6.35. The van der Waals surface area contributed by atoms with E-state index in [1.54, 1.807) is 0 Å². The number of nitrogen functional groups attached to an aromatic ring is 1. The first kappa shape index (κ1) is 14.7. The number of carboxylic acids is 1. The van der Waals surface area contributed by atoms with Crippen molar-refractivity contribution in [1.29, 1.82) is 0 Å². The van der Waals surface area contributed by atoms with E-state index in [2.05, 4.69) is 26.2 Å². The molecule has 0 atom stereocenters. The van der Waals surface area contributed by atoms with Gasteiger partial charge in [-0.2, -0.15) is 0 Å². The van der Waals surface area contributed by atoms with Gasteiger partial charge in [-0.05, 0) is 22.0 Å². The van der Waals surface area contributed by atoms with Crippen LogP contribution in [0, 0.1) is 0 Å². The number of nitrogens with zero attached hydrogens (tertiary/aromatic N) is 1. The summed E-state index contributed by atoms with van der Waals surface area (Å²) in [6.45, 7) is -0.484. The van der Waals surface area contributed by atoms with E-state index in [-0.39, 0.29) is 11.4 Å². The number of carbonyl (C=O) groups is 2. The number of rotatable bonds is 3. The molecule has 22 heavy (non-hydrogen) atoms. The molecule has 0 unspecified atom stereocenters. The molecule has 0 radical (unpaired) electrons. The molecule has 2 aromatic heterocycles. The fraction of sp³-hybridized carbons (Fsp3) is 0.0714. The van der Waals surface area contributed by atoms with Gasteiger partial charge in [-0.1, -0.05) is 18.2 Å². The van der Waals surface area contributed by atoms with Gasteiger partial charge in [-0.15, -0.1) is 11.3 Å². The third-order valence-corrected chi connectivity index (χ3v) is 4.90. The highest BCUT2D eigenvalue weighted by molar-refractivity contribution is 9.10. The minimum absolute atomic E-state index is 0.0205. The van der Waals surface area contributed by atoms with Gasteiger partial charge >= 0.3 is 5.97 Å². The van der Waals surface area contributed by atoms with Crippen molar-refractivity contribution >= 4 is 65.0 Å². The van der Waals surface area contributed by atoms with Gasteiger partial charge in [0.2, 0.25) is 0 Å². The normalized spacial score (nSPS) is 11.0. The smallest absolute Gasteiger partial charge is 0.322 e. The molecule has 0 spiro atoms. The van der Waals surface area contributed by atoms with Gasteiger partial charge in [0.1, 0.15) is 11.1 Å². The van der Waals surface area contributed by atoms with E-state index in [0.29, 0.717) is 4.60 Å². The standard InChI is InChI=1S/C14H10BrN3O3S/c15-13-9-6-3-1-2-4-7(6)22-12(9)10(16)11(18-13)14(21)17-5-8(19)20/h1-4H,5,16H2,(H,17,21)(H,19,20). The SMILES string of the molecule is Nc1c(C(=O)NCC(=O)O)nc(Br)c2c1sc1ccccc12. The second-order valence-corrected chi connectivity index (χ2v) is 6.35. The van der Waals surface area contributed by atoms with E-state index in [9.17, 15) is 9.59 Å². The van der Waals surface area contributed by atoms with Crippen LogP contribution in [0.15, 0.2) is 28.9 Å². The average molecular weight is 380 g/mol. The van der Waals surface area contributed by atoms with E-state index < -0.39 is 18.4 Å². The van der Waals surface area contributed by atoms with Crippen LogP contribution in [0.25, 0.3) is 20.2 Å². The lowest BCUT2D eigenvalue weighted by Gasteiger charge is -2.07. The van der Waals surface area contributed by atoms with Crippen LogP contribution in [-0.4, -0.2) is 28.5 Å². The molecule has 0 bridgehead atoms. The van der Waals surface area contributed by atoms with E-state index >= 15 is 0 Å². The molecule has 8 heteroatoms.